The molecule has 2 unspecified atom stereocenters. The van der Waals surface area contributed by atoms with Crippen LogP contribution in [0.2, 0.25) is 0 Å². The highest BCUT2D eigenvalue weighted by Gasteiger charge is 2.16. The van der Waals surface area contributed by atoms with Crippen molar-refractivity contribution in [1.29, 1.82) is 0 Å². The molecule has 1 aliphatic heterocycles. The lowest BCUT2D eigenvalue weighted by Crippen LogP contribution is -2.40. The van der Waals surface area contributed by atoms with Crippen molar-refractivity contribution in [2.75, 3.05) is 20.1 Å². The highest BCUT2D eigenvalue weighted by atomic mass is 16.1. The molecule has 0 radical (unpaired) electrons. The van der Waals surface area contributed by atoms with Gasteiger partial charge in [-0.3, -0.25) is 4.79 Å². The van der Waals surface area contributed by atoms with Crippen LogP contribution in [0.1, 0.15) is 38.2 Å². The molecule has 4 nitrogen and oxygen atoms in total. The van der Waals surface area contributed by atoms with Crippen LogP contribution in [0.15, 0.2) is 30.3 Å². The van der Waals surface area contributed by atoms with Crippen molar-refractivity contribution >= 4 is 5.91 Å². The fourth-order valence-electron chi connectivity index (χ4n) is 3.13. The molecule has 22 heavy (non-hydrogen) atoms. The number of likely N-dealkylation sites (N-methyl/N-ethyl adjacent to an activating group) is 1. The molecule has 4 heteroatoms. The second kappa shape index (κ2) is 8.91. The highest BCUT2D eigenvalue weighted by Crippen LogP contribution is 2.10. The lowest BCUT2D eigenvalue weighted by Gasteiger charge is -2.22. The minimum atomic E-state index is 0.175. The molecule has 2 rings (SSSR count). The summed E-state index contributed by atoms with van der Waals surface area (Å²) in [6.07, 6.45) is 4.04. The maximum Gasteiger partial charge on any atom is 0.220 e. The molecule has 2 atom stereocenters. The van der Waals surface area contributed by atoms with Gasteiger partial charge >= 0.3 is 0 Å². The molecule has 0 saturated carbocycles. The van der Waals surface area contributed by atoms with Gasteiger partial charge < -0.3 is 15.5 Å². The van der Waals surface area contributed by atoms with E-state index in [1.807, 2.05) is 6.07 Å². The van der Waals surface area contributed by atoms with Crippen molar-refractivity contribution in [3.05, 3.63) is 35.9 Å². The first-order chi connectivity index (χ1) is 10.6. The average molecular weight is 303 g/mol. The predicted molar refractivity (Wildman–Crippen MR) is 90.6 cm³/mol. The van der Waals surface area contributed by atoms with Gasteiger partial charge in [0.05, 0.1) is 0 Å². The van der Waals surface area contributed by atoms with Crippen LogP contribution in [-0.4, -0.2) is 43.0 Å². The van der Waals surface area contributed by atoms with E-state index in [1.165, 1.54) is 18.4 Å². The molecule has 1 aliphatic rings. The molecule has 0 bridgehead atoms. The summed E-state index contributed by atoms with van der Waals surface area (Å²) >= 11 is 0. The van der Waals surface area contributed by atoms with E-state index in [1.54, 1.807) is 0 Å². The maximum atomic E-state index is 12.0. The van der Waals surface area contributed by atoms with Crippen molar-refractivity contribution in [2.24, 2.45) is 0 Å². The van der Waals surface area contributed by atoms with Gasteiger partial charge in [0.2, 0.25) is 5.91 Å². The van der Waals surface area contributed by atoms with Crippen molar-refractivity contribution in [3.63, 3.8) is 0 Å². The molecule has 1 amide bonds. The number of nitrogens with zero attached hydrogens (tertiary/aromatic N) is 1. The molecule has 1 fully saturated rings. The monoisotopic (exact) mass is 303 g/mol. The Morgan fingerprint density at radius 1 is 1.41 bits per heavy atom. The van der Waals surface area contributed by atoms with E-state index in [0.29, 0.717) is 12.5 Å². The fourth-order valence-corrected chi connectivity index (χ4v) is 3.13. The molecule has 1 aromatic carbocycles. The molecular formula is C18H29N3O. The van der Waals surface area contributed by atoms with Gasteiger partial charge in [-0.05, 0) is 45.3 Å². The third-order valence-electron chi connectivity index (χ3n) is 4.17. The van der Waals surface area contributed by atoms with Gasteiger partial charge in [0.25, 0.3) is 0 Å². The van der Waals surface area contributed by atoms with Gasteiger partial charge in [0, 0.05) is 31.6 Å². The summed E-state index contributed by atoms with van der Waals surface area (Å²) in [6, 6.07) is 11.1. The summed E-state index contributed by atoms with van der Waals surface area (Å²) in [5, 5.41) is 6.55. The molecule has 1 saturated heterocycles. The van der Waals surface area contributed by atoms with Crippen LogP contribution >= 0.6 is 0 Å². The molecule has 1 heterocycles. The van der Waals surface area contributed by atoms with Crippen LogP contribution in [0.25, 0.3) is 0 Å². The Hall–Kier alpha value is -1.39. The summed E-state index contributed by atoms with van der Waals surface area (Å²) in [4.78, 5) is 14.2. The Labute approximate surface area is 134 Å². The summed E-state index contributed by atoms with van der Waals surface area (Å²) in [6.45, 7) is 4.95. The number of rotatable bonds is 8. The third-order valence-corrected chi connectivity index (χ3v) is 4.17. The van der Waals surface area contributed by atoms with Crippen LogP contribution in [0.3, 0.4) is 0 Å². The average Bonchev–Trinajstić information content (AvgIpc) is 2.99. The van der Waals surface area contributed by atoms with E-state index in [0.717, 1.165) is 26.1 Å². The SMILES string of the molecule is CC(CN(C)Cc1ccccc1)NC(=O)CCC1CCCN1. The minimum absolute atomic E-state index is 0.175. The Balaban J connectivity index is 1.63. The van der Waals surface area contributed by atoms with E-state index in [-0.39, 0.29) is 11.9 Å². The molecule has 0 aromatic heterocycles. The number of amides is 1. The first kappa shape index (κ1) is 17.0. The molecule has 2 N–H and O–H groups in total. The first-order valence-corrected chi connectivity index (χ1v) is 8.38. The standard InChI is InChI=1S/C18H29N3O/c1-15(13-21(2)14-16-7-4-3-5-8-16)20-18(22)11-10-17-9-6-12-19-17/h3-5,7-8,15,17,19H,6,9-14H2,1-2H3,(H,20,22). The van der Waals surface area contributed by atoms with E-state index in [4.69, 9.17) is 0 Å². The van der Waals surface area contributed by atoms with Crippen LogP contribution in [0, 0.1) is 0 Å². The molecule has 0 aliphatic carbocycles. The van der Waals surface area contributed by atoms with Crippen molar-refractivity contribution in [1.82, 2.24) is 15.5 Å². The number of carbonyl (C=O) groups is 1. The van der Waals surface area contributed by atoms with E-state index in [2.05, 4.69) is 53.8 Å². The van der Waals surface area contributed by atoms with Crippen molar-refractivity contribution in [2.45, 2.75) is 51.2 Å². The zero-order valence-corrected chi connectivity index (χ0v) is 13.8. The molecular weight excluding hydrogens is 274 g/mol. The third kappa shape index (κ3) is 6.16. The number of hydrogen-bond donors (Lipinski definition) is 2. The van der Waals surface area contributed by atoms with Gasteiger partial charge in [-0.2, -0.15) is 0 Å². The minimum Gasteiger partial charge on any atom is -0.352 e. The van der Waals surface area contributed by atoms with Crippen LogP contribution < -0.4 is 10.6 Å². The van der Waals surface area contributed by atoms with Crippen molar-refractivity contribution < 1.29 is 4.79 Å². The number of carbonyl (C=O) groups excluding carboxylic acids is 1. The predicted octanol–water partition coefficient (Wildman–Crippen LogP) is 2.16. The number of benzene rings is 1. The first-order valence-electron chi connectivity index (χ1n) is 8.38. The Morgan fingerprint density at radius 2 is 2.18 bits per heavy atom. The Bertz CT molecular complexity index is 443. The second-order valence-corrected chi connectivity index (χ2v) is 6.48. The van der Waals surface area contributed by atoms with E-state index < -0.39 is 0 Å². The normalized spacial score (nSPS) is 19.3. The largest absolute Gasteiger partial charge is 0.352 e. The zero-order chi connectivity index (χ0) is 15.8. The number of hydrogen-bond acceptors (Lipinski definition) is 3. The summed E-state index contributed by atoms with van der Waals surface area (Å²) in [5.74, 6) is 0.175. The van der Waals surface area contributed by atoms with Gasteiger partial charge in [-0.25, -0.2) is 0 Å². The van der Waals surface area contributed by atoms with Gasteiger partial charge in [-0.15, -0.1) is 0 Å². The highest BCUT2D eigenvalue weighted by molar-refractivity contribution is 5.76. The number of nitrogens with one attached hydrogen (secondary N) is 2. The lowest BCUT2D eigenvalue weighted by molar-refractivity contribution is -0.122. The quantitative estimate of drug-likeness (QED) is 0.773. The maximum absolute atomic E-state index is 12.0. The Kier molecular flexibility index (Phi) is 6.87. The van der Waals surface area contributed by atoms with E-state index >= 15 is 0 Å². The summed E-state index contributed by atoms with van der Waals surface area (Å²) < 4.78 is 0. The van der Waals surface area contributed by atoms with Crippen LogP contribution in [0.4, 0.5) is 0 Å². The van der Waals surface area contributed by atoms with Gasteiger partial charge in [0.1, 0.15) is 0 Å². The Morgan fingerprint density at radius 3 is 2.86 bits per heavy atom. The van der Waals surface area contributed by atoms with Crippen LogP contribution in [0.5, 0.6) is 0 Å². The lowest BCUT2D eigenvalue weighted by atomic mass is 10.1. The molecule has 122 valence electrons. The molecule has 1 aromatic rings. The van der Waals surface area contributed by atoms with Crippen molar-refractivity contribution in [3.8, 4) is 0 Å². The van der Waals surface area contributed by atoms with Crippen LogP contribution in [-0.2, 0) is 11.3 Å². The van der Waals surface area contributed by atoms with E-state index in [9.17, 15) is 4.79 Å². The summed E-state index contributed by atoms with van der Waals surface area (Å²) in [5.41, 5.74) is 1.30. The van der Waals surface area contributed by atoms with Gasteiger partial charge in [-0.1, -0.05) is 30.3 Å². The zero-order valence-electron chi connectivity index (χ0n) is 13.8. The molecule has 0 spiro atoms. The topological polar surface area (TPSA) is 44.4 Å². The smallest absolute Gasteiger partial charge is 0.220 e. The summed E-state index contributed by atoms with van der Waals surface area (Å²) in [7, 11) is 2.10. The van der Waals surface area contributed by atoms with Gasteiger partial charge in [0.15, 0.2) is 0 Å². The fraction of sp³-hybridized carbons (Fsp3) is 0.611. The second-order valence-electron chi connectivity index (χ2n) is 6.48.